The van der Waals surface area contributed by atoms with Crippen molar-refractivity contribution >= 4 is 22.6 Å². The molecular weight excluding hydrogens is 394 g/mol. The third kappa shape index (κ3) is 5.22. The summed E-state index contributed by atoms with van der Waals surface area (Å²) < 4.78 is 5.95. The van der Waals surface area contributed by atoms with Crippen LogP contribution in [0, 0.1) is 0 Å². The standard InChI is InChI=1S/C23H29N5O3/c1-15-14-31-21(17-6-7-22(24)26-11-17)13-28(15)12-18(29)8-9-25-23(30)20-10-16-4-2-3-5-19(16)27-20/h2-7,10-11,15,18,21,27,29H,8-9,12-14H2,1H3,(H2,24,26)(H,25,30)/t15-,18?,21+/m0/s1. The van der Waals surface area contributed by atoms with E-state index < -0.39 is 6.10 Å². The number of carbonyl (C=O) groups excluding carboxylic acids is 1. The Kier molecular flexibility index (Phi) is 6.50. The number of para-hydroxylation sites is 1. The number of anilines is 1. The van der Waals surface area contributed by atoms with Crippen LogP contribution in [0.15, 0.2) is 48.7 Å². The first kappa shape index (κ1) is 21.3. The quantitative estimate of drug-likeness (QED) is 0.462. The van der Waals surface area contributed by atoms with E-state index in [2.05, 4.69) is 27.1 Å². The maximum absolute atomic E-state index is 12.4. The Morgan fingerprint density at radius 1 is 1.39 bits per heavy atom. The second-order valence-corrected chi connectivity index (χ2v) is 8.11. The molecule has 1 aromatic carbocycles. The van der Waals surface area contributed by atoms with E-state index in [-0.39, 0.29) is 18.1 Å². The molecule has 8 nitrogen and oxygen atoms in total. The van der Waals surface area contributed by atoms with Crippen molar-refractivity contribution in [2.24, 2.45) is 0 Å². The Morgan fingerprint density at radius 3 is 3.00 bits per heavy atom. The first-order chi connectivity index (χ1) is 15.0. The number of nitrogen functional groups attached to an aromatic ring is 1. The van der Waals surface area contributed by atoms with Gasteiger partial charge in [-0.2, -0.15) is 0 Å². The minimum Gasteiger partial charge on any atom is -0.392 e. The zero-order chi connectivity index (χ0) is 21.8. The third-order valence-electron chi connectivity index (χ3n) is 5.73. The Labute approximate surface area is 181 Å². The molecule has 0 aliphatic carbocycles. The number of nitrogens with one attached hydrogen (secondary N) is 2. The zero-order valence-electron chi connectivity index (χ0n) is 17.6. The van der Waals surface area contributed by atoms with E-state index in [9.17, 15) is 9.90 Å². The second-order valence-electron chi connectivity index (χ2n) is 8.11. The first-order valence-corrected chi connectivity index (χ1v) is 10.6. The minimum absolute atomic E-state index is 0.0989. The number of aliphatic hydroxyl groups excluding tert-OH is 1. The lowest BCUT2D eigenvalue weighted by Gasteiger charge is -2.39. The smallest absolute Gasteiger partial charge is 0.267 e. The van der Waals surface area contributed by atoms with Crippen molar-refractivity contribution in [2.45, 2.75) is 31.6 Å². The van der Waals surface area contributed by atoms with Gasteiger partial charge >= 0.3 is 0 Å². The van der Waals surface area contributed by atoms with Crippen molar-refractivity contribution < 1.29 is 14.6 Å². The molecule has 1 unspecified atom stereocenters. The summed E-state index contributed by atoms with van der Waals surface area (Å²) in [6.07, 6.45) is 1.57. The fraction of sp³-hybridized carbons (Fsp3) is 0.391. The first-order valence-electron chi connectivity index (χ1n) is 10.6. The fourth-order valence-corrected chi connectivity index (χ4v) is 3.87. The monoisotopic (exact) mass is 423 g/mol. The molecule has 2 aromatic heterocycles. The van der Waals surface area contributed by atoms with Crippen molar-refractivity contribution in [3.8, 4) is 0 Å². The van der Waals surface area contributed by atoms with E-state index in [4.69, 9.17) is 10.5 Å². The Balaban J connectivity index is 1.26. The van der Waals surface area contributed by atoms with E-state index in [0.29, 0.717) is 44.2 Å². The molecule has 3 heterocycles. The van der Waals surface area contributed by atoms with E-state index in [1.165, 1.54) is 0 Å². The molecule has 5 N–H and O–H groups in total. The van der Waals surface area contributed by atoms with Crippen LogP contribution in [0.25, 0.3) is 10.9 Å². The molecule has 0 spiro atoms. The van der Waals surface area contributed by atoms with Gasteiger partial charge in [0.1, 0.15) is 11.5 Å². The highest BCUT2D eigenvalue weighted by Gasteiger charge is 2.28. The van der Waals surface area contributed by atoms with Crippen molar-refractivity contribution in [1.29, 1.82) is 0 Å². The molecule has 1 aliphatic rings. The van der Waals surface area contributed by atoms with Crippen LogP contribution in [0.5, 0.6) is 0 Å². The number of carbonyl (C=O) groups is 1. The number of rotatable bonds is 7. The Bertz CT molecular complexity index is 986. The van der Waals surface area contributed by atoms with Crippen molar-refractivity contribution in [3.05, 3.63) is 59.9 Å². The molecule has 4 rings (SSSR count). The fourth-order valence-electron chi connectivity index (χ4n) is 3.87. The van der Waals surface area contributed by atoms with Crippen molar-refractivity contribution in [1.82, 2.24) is 20.2 Å². The molecule has 3 atom stereocenters. The van der Waals surface area contributed by atoms with Gasteiger partial charge in [-0.1, -0.05) is 24.3 Å². The average Bonchev–Trinajstić information content (AvgIpc) is 3.20. The lowest BCUT2D eigenvalue weighted by atomic mass is 10.1. The zero-order valence-corrected chi connectivity index (χ0v) is 17.6. The van der Waals surface area contributed by atoms with Crippen LogP contribution in [0.3, 0.4) is 0 Å². The van der Waals surface area contributed by atoms with Crippen LogP contribution in [0.1, 0.15) is 35.5 Å². The number of fused-ring (bicyclic) bond motifs is 1. The molecule has 0 saturated carbocycles. The summed E-state index contributed by atoms with van der Waals surface area (Å²) in [4.78, 5) is 21.9. The Hall–Kier alpha value is -2.94. The van der Waals surface area contributed by atoms with Gasteiger partial charge in [0.05, 0.1) is 18.8 Å². The van der Waals surface area contributed by atoms with E-state index in [1.54, 1.807) is 12.3 Å². The maximum atomic E-state index is 12.4. The highest BCUT2D eigenvalue weighted by atomic mass is 16.5. The number of amides is 1. The summed E-state index contributed by atoms with van der Waals surface area (Å²) in [5, 5.41) is 14.4. The number of hydrogen-bond donors (Lipinski definition) is 4. The largest absolute Gasteiger partial charge is 0.392 e. The number of β-amino-alcohol motifs (C(OH)–C–C–N with tert-alkyl or cyclic N) is 1. The van der Waals surface area contributed by atoms with Crippen LogP contribution in [0.4, 0.5) is 5.82 Å². The summed E-state index contributed by atoms with van der Waals surface area (Å²) in [7, 11) is 0. The molecule has 8 heteroatoms. The van der Waals surface area contributed by atoms with Crippen LogP contribution in [0.2, 0.25) is 0 Å². The lowest BCUT2D eigenvalue weighted by Crippen LogP contribution is -2.48. The number of aliphatic hydroxyl groups is 1. The predicted molar refractivity (Wildman–Crippen MR) is 120 cm³/mol. The van der Waals surface area contributed by atoms with Gasteiger partial charge in [-0.25, -0.2) is 4.98 Å². The number of aromatic nitrogens is 2. The number of nitrogens with zero attached hydrogens (tertiary/aromatic N) is 2. The van der Waals surface area contributed by atoms with Crippen LogP contribution < -0.4 is 11.1 Å². The molecule has 31 heavy (non-hydrogen) atoms. The third-order valence-corrected chi connectivity index (χ3v) is 5.73. The lowest BCUT2D eigenvalue weighted by molar-refractivity contribution is -0.0717. The van der Waals surface area contributed by atoms with Crippen molar-refractivity contribution in [2.75, 3.05) is 32.0 Å². The van der Waals surface area contributed by atoms with Crippen LogP contribution in [-0.2, 0) is 4.74 Å². The van der Waals surface area contributed by atoms with Crippen LogP contribution in [-0.4, -0.2) is 64.3 Å². The van der Waals surface area contributed by atoms with E-state index >= 15 is 0 Å². The number of H-pyrrole nitrogens is 1. The molecule has 1 aliphatic heterocycles. The number of aromatic amines is 1. The molecule has 1 saturated heterocycles. The summed E-state index contributed by atoms with van der Waals surface area (Å²) >= 11 is 0. The normalized spacial score (nSPS) is 20.6. The second kappa shape index (κ2) is 9.47. The number of nitrogens with two attached hydrogens (primary N) is 1. The Morgan fingerprint density at radius 2 is 2.23 bits per heavy atom. The number of hydrogen-bond acceptors (Lipinski definition) is 6. The number of pyridine rings is 1. The van der Waals surface area contributed by atoms with E-state index in [1.807, 2.05) is 36.4 Å². The van der Waals surface area contributed by atoms with E-state index in [0.717, 1.165) is 16.5 Å². The topological polar surface area (TPSA) is 116 Å². The highest BCUT2D eigenvalue weighted by Crippen LogP contribution is 2.25. The van der Waals surface area contributed by atoms with Gasteiger partial charge in [-0.3, -0.25) is 9.69 Å². The number of morpholine rings is 1. The highest BCUT2D eigenvalue weighted by molar-refractivity contribution is 5.97. The van der Waals surface area contributed by atoms with Gasteiger partial charge in [0, 0.05) is 48.3 Å². The molecule has 0 bridgehead atoms. The van der Waals surface area contributed by atoms with Gasteiger partial charge in [-0.15, -0.1) is 0 Å². The molecule has 0 radical (unpaired) electrons. The SMILES string of the molecule is C[C@H]1CO[C@@H](c2ccc(N)nc2)CN1CC(O)CCNC(=O)c1cc2ccccc2[nH]1. The average molecular weight is 424 g/mol. The number of ether oxygens (including phenoxy) is 1. The molecular formula is C23H29N5O3. The minimum atomic E-state index is -0.547. The molecule has 1 fully saturated rings. The van der Waals surface area contributed by atoms with Gasteiger partial charge in [0.15, 0.2) is 0 Å². The van der Waals surface area contributed by atoms with Gasteiger partial charge in [-0.05, 0) is 31.5 Å². The van der Waals surface area contributed by atoms with Crippen LogP contribution >= 0.6 is 0 Å². The summed E-state index contributed by atoms with van der Waals surface area (Å²) in [6.45, 7) is 4.26. The summed E-state index contributed by atoms with van der Waals surface area (Å²) in [6, 6.07) is 13.5. The number of benzene rings is 1. The molecule has 3 aromatic rings. The van der Waals surface area contributed by atoms with Gasteiger partial charge < -0.3 is 25.9 Å². The molecule has 1 amide bonds. The van der Waals surface area contributed by atoms with Gasteiger partial charge in [0.2, 0.25) is 0 Å². The summed E-state index contributed by atoms with van der Waals surface area (Å²) in [5.74, 6) is 0.314. The summed E-state index contributed by atoms with van der Waals surface area (Å²) in [5.41, 5.74) is 8.10. The predicted octanol–water partition coefficient (Wildman–Crippen LogP) is 2.09. The maximum Gasteiger partial charge on any atom is 0.267 e. The van der Waals surface area contributed by atoms with Gasteiger partial charge in [0.25, 0.3) is 5.91 Å². The van der Waals surface area contributed by atoms with Crippen molar-refractivity contribution in [3.63, 3.8) is 0 Å². The molecule has 164 valence electrons.